The Bertz CT molecular complexity index is 756. The Morgan fingerprint density at radius 3 is 2.67 bits per heavy atom. The van der Waals surface area contributed by atoms with Crippen molar-refractivity contribution in [3.63, 3.8) is 0 Å². The Balaban J connectivity index is 2.28. The van der Waals surface area contributed by atoms with Gasteiger partial charge in [0.05, 0.1) is 5.69 Å². The van der Waals surface area contributed by atoms with E-state index >= 15 is 0 Å². The van der Waals surface area contributed by atoms with Gasteiger partial charge in [-0.25, -0.2) is 4.79 Å². The fourth-order valence-corrected chi connectivity index (χ4v) is 2.36. The molecule has 2 aromatic carbocycles. The number of amides is 2. The predicted molar refractivity (Wildman–Crippen MR) is 95.5 cm³/mol. The largest absolute Gasteiger partial charge is 0.489 e. The van der Waals surface area contributed by atoms with Crippen molar-refractivity contribution in [2.24, 2.45) is 0 Å². The molecule has 0 spiro atoms. The van der Waals surface area contributed by atoms with Crippen molar-refractivity contribution in [1.29, 1.82) is 0 Å². The van der Waals surface area contributed by atoms with Gasteiger partial charge in [-0.1, -0.05) is 42.5 Å². The van der Waals surface area contributed by atoms with Crippen LogP contribution in [0.15, 0.2) is 43.0 Å². The van der Waals surface area contributed by atoms with Crippen molar-refractivity contribution >= 4 is 17.8 Å². The summed E-state index contributed by atoms with van der Waals surface area (Å²) >= 11 is 0. The van der Waals surface area contributed by atoms with E-state index in [9.17, 15) is 10.0 Å². The number of anilines is 1. The van der Waals surface area contributed by atoms with Gasteiger partial charge >= 0.3 is 6.03 Å². The van der Waals surface area contributed by atoms with E-state index in [1.54, 1.807) is 12.1 Å². The van der Waals surface area contributed by atoms with E-state index in [0.29, 0.717) is 16.3 Å². The molecular weight excluding hydrogens is 304 g/mol. The van der Waals surface area contributed by atoms with Crippen LogP contribution in [-0.4, -0.2) is 18.3 Å². The van der Waals surface area contributed by atoms with Crippen molar-refractivity contribution in [2.45, 2.75) is 20.5 Å². The van der Waals surface area contributed by atoms with Gasteiger partial charge in [0.2, 0.25) is 0 Å². The number of ether oxygens (including phenoxy) is 1. The van der Waals surface area contributed by atoms with E-state index < -0.39 is 6.03 Å². The Morgan fingerprint density at radius 2 is 2.04 bits per heavy atom. The van der Waals surface area contributed by atoms with Crippen LogP contribution < -0.4 is 15.1 Å². The molecule has 0 aliphatic rings. The second kappa shape index (κ2) is 7.66. The van der Waals surface area contributed by atoms with Gasteiger partial charge in [0.25, 0.3) is 0 Å². The van der Waals surface area contributed by atoms with E-state index in [4.69, 9.17) is 4.74 Å². The topological polar surface area (TPSA) is 61.8 Å². The van der Waals surface area contributed by atoms with Gasteiger partial charge in [-0.05, 0) is 37.1 Å². The minimum Gasteiger partial charge on any atom is -0.489 e. The van der Waals surface area contributed by atoms with Crippen molar-refractivity contribution in [2.75, 3.05) is 12.1 Å². The number of rotatable bonds is 5. The van der Waals surface area contributed by atoms with E-state index in [0.717, 1.165) is 22.4 Å². The number of carbonyl (C=O) groups is 1. The number of urea groups is 1. The SMILES string of the molecule is C=Cc1ccc(COc2ccc(C)cc2C)c(N(O)C(=O)NC)c1. The molecule has 0 saturated heterocycles. The minimum absolute atomic E-state index is 0.227. The Morgan fingerprint density at radius 1 is 1.29 bits per heavy atom. The van der Waals surface area contributed by atoms with Gasteiger partial charge in [0.15, 0.2) is 0 Å². The maximum Gasteiger partial charge on any atom is 0.345 e. The monoisotopic (exact) mass is 326 g/mol. The summed E-state index contributed by atoms with van der Waals surface area (Å²) in [7, 11) is 1.45. The fourth-order valence-electron chi connectivity index (χ4n) is 2.36. The number of carbonyl (C=O) groups excluding carboxylic acids is 1. The van der Waals surface area contributed by atoms with E-state index in [1.807, 2.05) is 44.2 Å². The van der Waals surface area contributed by atoms with Gasteiger partial charge in [0.1, 0.15) is 12.4 Å². The number of aryl methyl sites for hydroxylation is 2. The Labute approximate surface area is 142 Å². The van der Waals surface area contributed by atoms with E-state index in [1.165, 1.54) is 7.05 Å². The second-order valence-electron chi connectivity index (χ2n) is 5.52. The zero-order valence-electron chi connectivity index (χ0n) is 14.2. The lowest BCUT2D eigenvalue weighted by Crippen LogP contribution is -2.36. The van der Waals surface area contributed by atoms with E-state index in [2.05, 4.69) is 11.9 Å². The molecule has 0 atom stereocenters. The first-order valence-electron chi connectivity index (χ1n) is 7.62. The highest BCUT2D eigenvalue weighted by atomic mass is 16.5. The van der Waals surface area contributed by atoms with Crippen LogP contribution in [0.3, 0.4) is 0 Å². The maximum atomic E-state index is 11.7. The van der Waals surface area contributed by atoms with Gasteiger partial charge in [-0.2, -0.15) is 5.06 Å². The van der Waals surface area contributed by atoms with Crippen molar-refractivity contribution in [3.05, 3.63) is 65.2 Å². The normalized spacial score (nSPS) is 10.2. The number of hydroxylamine groups is 1. The summed E-state index contributed by atoms with van der Waals surface area (Å²) in [4.78, 5) is 11.7. The van der Waals surface area contributed by atoms with Crippen molar-refractivity contribution < 1.29 is 14.7 Å². The van der Waals surface area contributed by atoms with Crippen molar-refractivity contribution in [3.8, 4) is 5.75 Å². The number of hydrogen-bond donors (Lipinski definition) is 2. The number of nitrogens with one attached hydrogen (secondary N) is 1. The summed E-state index contributed by atoms with van der Waals surface area (Å²) in [5.41, 5.74) is 4.04. The molecule has 126 valence electrons. The standard InChI is InChI=1S/C19H22N2O3/c1-5-15-7-8-16(17(11-15)21(23)19(22)20-4)12-24-18-9-6-13(2)10-14(18)3/h5-11,23H,1,12H2,2-4H3,(H,20,22). The quantitative estimate of drug-likeness (QED) is 0.643. The molecule has 0 bridgehead atoms. The summed E-state index contributed by atoms with van der Waals surface area (Å²) in [6, 6.07) is 10.7. The number of benzene rings is 2. The van der Waals surface area contributed by atoms with Gasteiger partial charge < -0.3 is 10.1 Å². The average molecular weight is 326 g/mol. The molecule has 0 saturated carbocycles. The second-order valence-corrected chi connectivity index (χ2v) is 5.52. The zero-order chi connectivity index (χ0) is 17.7. The Hall–Kier alpha value is -2.79. The molecule has 2 aromatic rings. The molecule has 0 unspecified atom stereocenters. The molecule has 2 N–H and O–H groups in total. The summed E-state index contributed by atoms with van der Waals surface area (Å²) in [6.45, 7) is 7.94. The van der Waals surface area contributed by atoms with Gasteiger partial charge in [-0.3, -0.25) is 5.21 Å². The third kappa shape index (κ3) is 3.94. The van der Waals surface area contributed by atoms with Crippen LogP contribution in [-0.2, 0) is 6.61 Å². The highest BCUT2D eigenvalue weighted by Gasteiger charge is 2.16. The molecule has 0 fully saturated rings. The molecule has 2 rings (SSSR count). The molecule has 0 radical (unpaired) electrons. The number of nitrogens with zero attached hydrogens (tertiary/aromatic N) is 1. The van der Waals surface area contributed by atoms with E-state index in [-0.39, 0.29) is 6.61 Å². The lowest BCUT2D eigenvalue weighted by atomic mass is 10.1. The summed E-state index contributed by atoms with van der Waals surface area (Å²) in [5, 5.41) is 13.1. The third-order valence-corrected chi connectivity index (χ3v) is 3.69. The van der Waals surface area contributed by atoms with Crippen LogP contribution in [0.1, 0.15) is 22.3 Å². The first kappa shape index (κ1) is 17.6. The average Bonchev–Trinajstić information content (AvgIpc) is 2.59. The van der Waals surface area contributed by atoms with Crippen LogP contribution >= 0.6 is 0 Å². The summed E-state index contributed by atoms with van der Waals surface area (Å²) in [5.74, 6) is 0.767. The first-order valence-corrected chi connectivity index (χ1v) is 7.62. The van der Waals surface area contributed by atoms with Gasteiger partial charge in [-0.15, -0.1) is 0 Å². The molecule has 5 heteroatoms. The molecule has 0 heterocycles. The third-order valence-electron chi connectivity index (χ3n) is 3.69. The highest BCUT2D eigenvalue weighted by molar-refractivity contribution is 5.90. The van der Waals surface area contributed by atoms with Crippen LogP contribution in [0.25, 0.3) is 6.08 Å². The van der Waals surface area contributed by atoms with Crippen LogP contribution in [0, 0.1) is 13.8 Å². The van der Waals surface area contributed by atoms with Gasteiger partial charge in [0, 0.05) is 12.6 Å². The van der Waals surface area contributed by atoms with Crippen LogP contribution in [0.4, 0.5) is 10.5 Å². The van der Waals surface area contributed by atoms with Crippen LogP contribution in [0.2, 0.25) is 0 Å². The lowest BCUT2D eigenvalue weighted by Gasteiger charge is -2.19. The smallest absolute Gasteiger partial charge is 0.345 e. The molecule has 24 heavy (non-hydrogen) atoms. The predicted octanol–water partition coefficient (Wildman–Crippen LogP) is 4.06. The zero-order valence-corrected chi connectivity index (χ0v) is 14.2. The number of hydrogen-bond acceptors (Lipinski definition) is 3. The molecular formula is C19H22N2O3. The molecule has 5 nitrogen and oxygen atoms in total. The van der Waals surface area contributed by atoms with Crippen LogP contribution in [0.5, 0.6) is 5.75 Å². The summed E-state index contributed by atoms with van der Waals surface area (Å²) in [6.07, 6.45) is 1.65. The maximum absolute atomic E-state index is 11.7. The lowest BCUT2D eigenvalue weighted by molar-refractivity contribution is 0.205. The molecule has 0 aliphatic carbocycles. The molecule has 0 aliphatic heterocycles. The molecule has 2 amide bonds. The van der Waals surface area contributed by atoms with Crippen molar-refractivity contribution in [1.82, 2.24) is 5.32 Å². The Kier molecular flexibility index (Phi) is 5.60. The first-order chi connectivity index (χ1) is 11.5. The summed E-state index contributed by atoms with van der Waals surface area (Å²) < 4.78 is 5.86. The fraction of sp³-hybridized carbons (Fsp3) is 0.211. The minimum atomic E-state index is -0.621. The highest BCUT2D eigenvalue weighted by Crippen LogP contribution is 2.25. The molecule has 0 aromatic heterocycles.